The van der Waals surface area contributed by atoms with Crippen molar-refractivity contribution in [2.45, 2.75) is 19.1 Å². The lowest BCUT2D eigenvalue weighted by molar-refractivity contribution is -0.137. The Morgan fingerprint density at radius 1 is 1.33 bits per heavy atom. The van der Waals surface area contributed by atoms with Crippen LogP contribution >= 0.6 is 23.7 Å². The van der Waals surface area contributed by atoms with Crippen molar-refractivity contribution in [2.75, 3.05) is 26.2 Å². The van der Waals surface area contributed by atoms with Crippen LogP contribution in [0.5, 0.6) is 0 Å². The molecule has 0 unspecified atom stereocenters. The molecule has 18 heavy (non-hydrogen) atoms. The summed E-state index contributed by atoms with van der Waals surface area (Å²) in [6.07, 6.45) is -1.94. The molecule has 0 radical (unpaired) electrons. The summed E-state index contributed by atoms with van der Waals surface area (Å²) in [5, 5.41) is 2.51. The third-order valence-electron chi connectivity index (χ3n) is 2.61. The maximum absolute atomic E-state index is 12.4. The van der Waals surface area contributed by atoms with Crippen molar-refractivity contribution in [3.05, 3.63) is 16.1 Å². The number of nitrogens with zero attached hydrogens (tertiary/aromatic N) is 2. The van der Waals surface area contributed by atoms with Gasteiger partial charge in [-0.05, 0) is 19.5 Å². The Labute approximate surface area is 114 Å². The van der Waals surface area contributed by atoms with Crippen LogP contribution in [0.25, 0.3) is 0 Å². The zero-order valence-corrected chi connectivity index (χ0v) is 11.3. The standard InChI is InChI=1S/C10H14F3N3S.ClH/c11-10(12,13)9-15-6-8(17-9)7-16-4-1-2-14-3-5-16;/h6,14H,1-5,7H2;1H. The van der Waals surface area contributed by atoms with Crippen molar-refractivity contribution in [3.63, 3.8) is 0 Å². The van der Waals surface area contributed by atoms with Crippen LogP contribution in [0.15, 0.2) is 6.20 Å². The highest BCUT2D eigenvalue weighted by molar-refractivity contribution is 7.11. The smallest absolute Gasteiger partial charge is 0.315 e. The average Bonchev–Trinajstić information content (AvgIpc) is 2.56. The largest absolute Gasteiger partial charge is 0.443 e. The van der Waals surface area contributed by atoms with E-state index in [4.69, 9.17) is 0 Å². The van der Waals surface area contributed by atoms with E-state index in [0.717, 1.165) is 43.9 Å². The highest BCUT2D eigenvalue weighted by Crippen LogP contribution is 2.32. The maximum atomic E-state index is 12.4. The van der Waals surface area contributed by atoms with Crippen molar-refractivity contribution in [1.82, 2.24) is 15.2 Å². The fraction of sp³-hybridized carbons (Fsp3) is 0.700. The summed E-state index contributed by atoms with van der Waals surface area (Å²) in [6, 6.07) is 0. The molecule has 3 nitrogen and oxygen atoms in total. The van der Waals surface area contributed by atoms with E-state index in [9.17, 15) is 13.2 Å². The fourth-order valence-electron chi connectivity index (χ4n) is 1.79. The van der Waals surface area contributed by atoms with E-state index in [2.05, 4.69) is 15.2 Å². The van der Waals surface area contributed by atoms with E-state index in [1.807, 2.05) is 0 Å². The van der Waals surface area contributed by atoms with Crippen LogP contribution in [0, 0.1) is 0 Å². The first kappa shape index (κ1) is 15.7. The fourth-order valence-corrected chi connectivity index (χ4v) is 2.61. The molecule has 1 N–H and O–H groups in total. The van der Waals surface area contributed by atoms with Gasteiger partial charge in [-0.3, -0.25) is 4.90 Å². The van der Waals surface area contributed by atoms with Gasteiger partial charge in [-0.2, -0.15) is 13.2 Å². The predicted octanol–water partition coefficient (Wildman–Crippen LogP) is 2.38. The van der Waals surface area contributed by atoms with E-state index in [-0.39, 0.29) is 12.4 Å². The molecule has 104 valence electrons. The summed E-state index contributed by atoms with van der Waals surface area (Å²) < 4.78 is 37.1. The van der Waals surface area contributed by atoms with Crippen LogP contribution in [-0.4, -0.2) is 36.1 Å². The first-order valence-electron chi connectivity index (χ1n) is 5.51. The summed E-state index contributed by atoms with van der Waals surface area (Å²) in [5.41, 5.74) is 0. The topological polar surface area (TPSA) is 28.2 Å². The summed E-state index contributed by atoms with van der Waals surface area (Å²) in [5.74, 6) is 0. The summed E-state index contributed by atoms with van der Waals surface area (Å²) in [6.45, 7) is 4.23. The van der Waals surface area contributed by atoms with Crippen LogP contribution in [0.3, 0.4) is 0 Å². The molecular weight excluding hydrogens is 287 g/mol. The Hall–Kier alpha value is -0.370. The second-order valence-corrected chi connectivity index (χ2v) is 5.12. The van der Waals surface area contributed by atoms with Gasteiger partial charge in [0.25, 0.3) is 0 Å². The SMILES string of the molecule is Cl.FC(F)(F)c1ncc(CN2CCCNCC2)s1. The lowest BCUT2D eigenvalue weighted by atomic mass is 10.4. The van der Waals surface area contributed by atoms with Gasteiger partial charge in [0.2, 0.25) is 0 Å². The van der Waals surface area contributed by atoms with E-state index in [0.29, 0.717) is 11.4 Å². The molecule has 1 aliphatic rings. The molecule has 1 aliphatic heterocycles. The van der Waals surface area contributed by atoms with Gasteiger partial charge in [-0.15, -0.1) is 23.7 Å². The maximum Gasteiger partial charge on any atom is 0.443 e. The Morgan fingerprint density at radius 3 is 2.78 bits per heavy atom. The molecule has 8 heteroatoms. The van der Waals surface area contributed by atoms with Gasteiger partial charge in [0.15, 0.2) is 5.01 Å². The van der Waals surface area contributed by atoms with Crippen LogP contribution in [0.1, 0.15) is 16.3 Å². The number of aromatic nitrogens is 1. The predicted molar refractivity (Wildman–Crippen MR) is 67.1 cm³/mol. The van der Waals surface area contributed by atoms with Gasteiger partial charge < -0.3 is 5.32 Å². The van der Waals surface area contributed by atoms with Crippen LogP contribution < -0.4 is 5.32 Å². The van der Waals surface area contributed by atoms with Gasteiger partial charge >= 0.3 is 6.18 Å². The van der Waals surface area contributed by atoms with Crippen molar-refractivity contribution in [1.29, 1.82) is 0 Å². The number of halogens is 4. The highest BCUT2D eigenvalue weighted by atomic mass is 35.5. The molecular formula is C10H15ClF3N3S. The molecule has 0 saturated carbocycles. The lowest BCUT2D eigenvalue weighted by Crippen LogP contribution is -2.27. The minimum Gasteiger partial charge on any atom is -0.315 e. The Kier molecular flexibility index (Phi) is 5.84. The zero-order valence-electron chi connectivity index (χ0n) is 9.66. The number of hydrogen-bond acceptors (Lipinski definition) is 4. The second kappa shape index (κ2) is 6.70. The molecule has 2 heterocycles. The first-order chi connectivity index (χ1) is 8.05. The molecule has 0 bridgehead atoms. The molecule has 0 aliphatic carbocycles. The molecule has 1 aromatic rings. The highest BCUT2D eigenvalue weighted by Gasteiger charge is 2.34. The van der Waals surface area contributed by atoms with Crippen molar-refractivity contribution in [2.24, 2.45) is 0 Å². The minimum atomic E-state index is -4.32. The van der Waals surface area contributed by atoms with Gasteiger partial charge in [0.05, 0.1) is 0 Å². The molecule has 0 spiro atoms. The number of thiazole rings is 1. The summed E-state index contributed by atoms with van der Waals surface area (Å²) in [7, 11) is 0. The Bertz CT molecular complexity index is 361. The lowest BCUT2D eigenvalue weighted by Gasteiger charge is -2.17. The van der Waals surface area contributed by atoms with Crippen molar-refractivity contribution < 1.29 is 13.2 Å². The molecule has 0 amide bonds. The van der Waals surface area contributed by atoms with E-state index in [1.54, 1.807) is 0 Å². The monoisotopic (exact) mass is 301 g/mol. The zero-order chi connectivity index (χ0) is 12.3. The quantitative estimate of drug-likeness (QED) is 0.909. The minimum absolute atomic E-state index is 0. The molecule has 0 aromatic carbocycles. The normalized spacial score (nSPS) is 18.2. The molecule has 2 rings (SSSR count). The second-order valence-electron chi connectivity index (χ2n) is 4.01. The Balaban J connectivity index is 0.00000162. The molecule has 0 atom stereocenters. The molecule has 1 saturated heterocycles. The number of nitrogens with one attached hydrogen (secondary N) is 1. The van der Waals surface area contributed by atoms with Crippen LogP contribution in [-0.2, 0) is 12.7 Å². The number of alkyl halides is 3. The van der Waals surface area contributed by atoms with Gasteiger partial charge in [0.1, 0.15) is 0 Å². The van der Waals surface area contributed by atoms with Crippen molar-refractivity contribution >= 4 is 23.7 Å². The van der Waals surface area contributed by atoms with E-state index >= 15 is 0 Å². The van der Waals surface area contributed by atoms with Crippen LogP contribution in [0.2, 0.25) is 0 Å². The summed E-state index contributed by atoms with van der Waals surface area (Å²) >= 11 is 0.742. The summed E-state index contributed by atoms with van der Waals surface area (Å²) in [4.78, 5) is 6.27. The van der Waals surface area contributed by atoms with Gasteiger partial charge in [0, 0.05) is 30.7 Å². The number of rotatable bonds is 2. The van der Waals surface area contributed by atoms with E-state index < -0.39 is 11.2 Å². The first-order valence-corrected chi connectivity index (χ1v) is 6.32. The van der Waals surface area contributed by atoms with Crippen molar-refractivity contribution in [3.8, 4) is 0 Å². The van der Waals surface area contributed by atoms with Gasteiger partial charge in [-0.25, -0.2) is 4.98 Å². The Morgan fingerprint density at radius 2 is 2.11 bits per heavy atom. The molecule has 1 fully saturated rings. The third kappa shape index (κ3) is 4.38. The van der Waals surface area contributed by atoms with E-state index in [1.165, 1.54) is 6.20 Å². The van der Waals surface area contributed by atoms with Gasteiger partial charge in [-0.1, -0.05) is 0 Å². The third-order valence-corrected chi connectivity index (χ3v) is 3.64. The average molecular weight is 302 g/mol. The number of hydrogen-bond donors (Lipinski definition) is 1. The molecule has 1 aromatic heterocycles. The van der Waals surface area contributed by atoms with Crippen LogP contribution in [0.4, 0.5) is 13.2 Å².